The molecule has 122 valence electrons. The molecule has 5 nitrogen and oxygen atoms in total. The number of carbonyl (C=O) groups is 2. The van der Waals surface area contributed by atoms with Crippen LogP contribution in [0, 0.1) is 0 Å². The van der Waals surface area contributed by atoms with Crippen molar-refractivity contribution in [1.82, 2.24) is 9.79 Å². The average Bonchev–Trinajstić information content (AvgIpc) is 2.99. The molecule has 9 heteroatoms. The zero-order valence-corrected chi connectivity index (χ0v) is 12.3. The third-order valence-corrected chi connectivity index (χ3v) is 3.86. The molecular formula is C15H11BF3N3O2. The lowest BCUT2D eigenvalue weighted by molar-refractivity contribution is -0.137. The first-order valence-corrected chi connectivity index (χ1v) is 7.02. The van der Waals surface area contributed by atoms with Crippen molar-refractivity contribution in [1.29, 1.82) is 0 Å². The summed E-state index contributed by atoms with van der Waals surface area (Å²) in [5.41, 5.74) is -0.176. The number of aromatic nitrogens is 1. The lowest BCUT2D eigenvalue weighted by atomic mass is 10.1. The Kier molecular flexibility index (Phi) is 3.86. The van der Waals surface area contributed by atoms with E-state index in [1.807, 2.05) is 5.23 Å². The van der Waals surface area contributed by atoms with Crippen LogP contribution >= 0.6 is 0 Å². The molecule has 0 fully saturated rings. The summed E-state index contributed by atoms with van der Waals surface area (Å²) in [5, 5.41) is 1.97. The van der Waals surface area contributed by atoms with Gasteiger partial charge in [-0.2, -0.15) is 13.2 Å². The van der Waals surface area contributed by atoms with E-state index in [-0.39, 0.29) is 17.8 Å². The molecule has 2 heterocycles. The number of rotatable bonds is 2. The molecule has 1 aromatic heterocycles. The molecule has 0 saturated carbocycles. The normalized spacial score (nSPS) is 14.5. The largest absolute Gasteiger partial charge is 0.416 e. The van der Waals surface area contributed by atoms with Gasteiger partial charge in [-0.25, -0.2) is 0 Å². The van der Waals surface area contributed by atoms with Gasteiger partial charge in [0.2, 0.25) is 13.9 Å². The molecule has 0 atom stereocenters. The van der Waals surface area contributed by atoms with Crippen molar-refractivity contribution in [3.8, 4) is 0 Å². The van der Waals surface area contributed by atoms with Gasteiger partial charge in [-0.1, -0.05) is 0 Å². The van der Waals surface area contributed by atoms with E-state index in [0.717, 1.165) is 12.1 Å². The molecule has 0 unspecified atom stereocenters. The highest BCUT2D eigenvalue weighted by Crippen LogP contribution is 2.31. The van der Waals surface area contributed by atoms with Gasteiger partial charge in [0, 0.05) is 25.0 Å². The molecular weight excluding hydrogens is 322 g/mol. The lowest BCUT2D eigenvalue weighted by Gasteiger charge is -2.29. The van der Waals surface area contributed by atoms with Crippen LogP contribution in [0.3, 0.4) is 0 Å². The standard InChI is InChI=1S/C15H11BF3N3O2/c16-20-13(23)11-5-6-21-7-8-22(14(24)12(11)21)10-3-1-9(2-4-10)15(17,18)19/h1-6H,7-8H2,(H,20,23). The minimum Gasteiger partial charge on any atom is -0.405 e. The van der Waals surface area contributed by atoms with Gasteiger partial charge in [0.15, 0.2) is 0 Å². The maximum absolute atomic E-state index is 12.7. The highest BCUT2D eigenvalue weighted by molar-refractivity contribution is 6.21. The van der Waals surface area contributed by atoms with Gasteiger partial charge >= 0.3 is 6.18 Å². The summed E-state index contributed by atoms with van der Waals surface area (Å²) in [6, 6.07) is 5.79. The number of hydrogen-bond acceptors (Lipinski definition) is 2. The minimum atomic E-state index is -4.44. The Morgan fingerprint density at radius 2 is 1.79 bits per heavy atom. The highest BCUT2D eigenvalue weighted by Gasteiger charge is 2.32. The van der Waals surface area contributed by atoms with Gasteiger partial charge in [-0.15, -0.1) is 0 Å². The molecule has 24 heavy (non-hydrogen) atoms. The Labute approximate surface area is 136 Å². The first-order valence-electron chi connectivity index (χ1n) is 7.02. The second-order valence-electron chi connectivity index (χ2n) is 5.25. The molecule has 3 rings (SSSR count). The second kappa shape index (κ2) is 5.74. The smallest absolute Gasteiger partial charge is 0.405 e. The van der Waals surface area contributed by atoms with E-state index in [0.29, 0.717) is 12.2 Å². The van der Waals surface area contributed by atoms with Crippen molar-refractivity contribution in [2.24, 2.45) is 0 Å². The molecule has 0 bridgehead atoms. The highest BCUT2D eigenvalue weighted by atomic mass is 19.4. The van der Waals surface area contributed by atoms with E-state index < -0.39 is 23.6 Å². The number of carbonyl (C=O) groups excluding carboxylic acids is 2. The fourth-order valence-electron chi connectivity index (χ4n) is 2.67. The van der Waals surface area contributed by atoms with E-state index in [4.69, 9.17) is 7.98 Å². The Morgan fingerprint density at radius 1 is 1.12 bits per heavy atom. The van der Waals surface area contributed by atoms with Crippen LogP contribution in [0.5, 0.6) is 0 Å². The van der Waals surface area contributed by atoms with Crippen molar-refractivity contribution in [2.75, 3.05) is 11.4 Å². The molecule has 1 N–H and O–H groups in total. The van der Waals surface area contributed by atoms with Crippen molar-refractivity contribution in [3.63, 3.8) is 0 Å². The number of benzene rings is 1. The molecule has 2 aromatic rings. The SMILES string of the molecule is [B]NC(=O)c1ccn2c1C(=O)N(c1ccc(C(F)(F)F)cc1)CC2. The zero-order chi connectivity index (χ0) is 17.5. The zero-order valence-electron chi connectivity index (χ0n) is 12.3. The van der Waals surface area contributed by atoms with E-state index in [1.54, 1.807) is 10.8 Å². The Bertz CT molecular complexity index is 799. The van der Waals surface area contributed by atoms with Crippen molar-refractivity contribution in [2.45, 2.75) is 12.7 Å². The Balaban J connectivity index is 1.94. The first kappa shape index (κ1) is 16.2. The minimum absolute atomic E-state index is 0.124. The van der Waals surface area contributed by atoms with Gasteiger partial charge in [0.1, 0.15) is 5.69 Å². The number of nitrogens with zero attached hydrogens (tertiary/aromatic N) is 2. The average molecular weight is 333 g/mol. The summed E-state index contributed by atoms with van der Waals surface area (Å²) in [4.78, 5) is 25.7. The molecule has 1 aromatic carbocycles. The number of nitrogens with one attached hydrogen (secondary N) is 1. The Morgan fingerprint density at radius 3 is 2.38 bits per heavy atom. The van der Waals surface area contributed by atoms with Crippen molar-refractivity contribution in [3.05, 3.63) is 53.3 Å². The fraction of sp³-hybridized carbons (Fsp3) is 0.200. The summed E-state index contributed by atoms with van der Waals surface area (Å²) in [6.45, 7) is 0.704. The fourth-order valence-corrected chi connectivity index (χ4v) is 2.67. The number of halogens is 3. The second-order valence-corrected chi connectivity index (χ2v) is 5.25. The summed E-state index contributed by atoms with van der Waals surface area (Å²) in [7, 11) is 5.10. The summed E-state index contributed by atoms with van der Waals surface area (Å²) < 4.78 is 39.5. The van der Waals surface area contributed by atoms with E-state index >= 15 is 0 Å². The van der Waals surface area contributed by atoms with Crippen molar-refractivity contribution < 1.29 is 22.8 Å². The predicted octanol–water partition coefficient (Wildman–Crippen LogP) is 1.98. The van der Waals surface area contributed by atoms with Gasteiger partial charge in [0.25, 0.3) is 5.91 Å². The maximum Gasteiger partial charge on any atom is 0.416 e. The van der Waals surface area contributed by atoms with E-state index in [1.165, 1.54) is 23.1 Å². The number of hydrogen-bond donors (Lipinski definition) is 1. The van der Waals surface area contributed by atoms with Crippen LogP contribution in [-0.4, -0.2) is 30.9 Å². The van der Waals surface area contributed by atoms with Gasteiger partial charge in [0.05, 0.1) is 11.1 Å². The van der Waals surface area contributed by atoms with Crippen LogP contribution < -0.4 is 10.1 Å². The summed E-state index contributed by atoms with van der Waals surface area (Å²) >= 11 is 0. The molecule has 0 saturated heterocycles. The number of amides is 2. The number of fused-ring (bicyclic) bond motifs is 1. The van der Waals surface area contributed by atoms with E-state index in [2.05, 4.69) is 0 Å². The van der Waals surface area contributed by atoms with Gasteiger partial charge < -0.3 is 14.7 Å². The number of anilines is 1. The maximum atomic E-state index is 12.7. The monoisotopic (exact) mass is 333 g/mol. The third-order valence-electron chi connectivity index (χ3n) is 3.86. The molecule has 2 radical (unpaired) electrons. The van der Waals surface area contributed by atoms with Crippen LogP contribution in [0.15, 0.2) is 36.5 Å². The first-order chi connectivity index (χ1) is 11.3. The molecule has 2 amide bonds. The molecule has 1 aliphatic heterocycles. The van der Waals surface area contributed by atoms with E-state index in [9.17, 15) is 22.8 Å². The Hall–Kier alpha value is -2.71. The summed E-state index contributed by atoms with van der Waals surface area (Å²) in [6.07, 6.45) is -2.84. The lowest BCUT2D eigenvalue weighted by Crippen LogP contribution is -2.41. The quantitative estimate of drug-likeness (QED) is 0.855. The van der Waals surface area contributed by atoms with Gasteiger partial charge in [-0.3, -0.25) is 9.59 Å². The van der Waals surface area contributed by atoms with Crippen LogP contribution in [-0.2, 0) is 12.7 Å². The topological polar surface area (TPSA) is 54.3 Å². The van der Waals surface area contributed by atoms with Crippen LogP contribution in [0.4, 0.5) is 18.9 Å². The summed E-state index contributed by atoms with van der Waals surface area (Å²) in [5.74, 6) is -1.07. The van der Waals surface area contributed by atoms with Gasteiger partial charge in [-0.05, 0) is 30.3 Å². The van der Waals surface area contributed by atoms with Crippen LogP contribution in [0.2, 0.25) is 0 Å². The predicted molar refractivity (Wildman–Crippen MR) is 80.8 cm³/mol. The number of alkyl halides is 3. The van der Waals surface area contributed by atoms with Crippen LogP contribution in [0.1, 0.15) is 26.4 Å². The molecule has 0 spiro atoms. The third kappa shape index (κ3) is 2.66. The van der Waals surface area contributed by atoms with Crippen LogP contribution in [0.25, 0.3) is 0 Å². The molecule has 0 aliphatic carbocycles. The molecule has 1 aliphatic rings. The van der Waals surface area contributed by atoms with Crippen molar-refractivity contribution >= 4 is 25.5 Å².